The van der Waals surface area contributed by atoms with Gasteiger partial charge in [-0.05, 0) is 38.8 Å². The summed E-state index contributed by atoms with van der Waals surface area (Å²) in [5, 5.41) is 5.48. The van der Waals surface area contributed by atoms with Crippen LogP contribution in [-0.2, 0) is 9.84 Å². The highest BCUT2D eigenvalue weighted by Gasteiger charge is 2.31. The van der Waals surface area contributed by atoms with Gasteiger partial charge in [-0.25, -0.2) is 8.42 Å². The molecule has 6 heteroatoms. The molecule has 0 radical (unpaired) electrons. The van der Waals surface area contributed by atoms with Crippen LogP contribution in [0, 0.1) is 6.92 Å². The van der Waals surface area contributed by atoms with Gasteiger partial charge in [0.05, 0.1) is 16.6 Å². The van der Waals surface area contributed by atoms with Crippen LogP contribution in [0.15, 0.2) is 18.2 Å². The first-order valence-corrected chi connectivity index (χ1v) is 9.00. The predicted octanol–water partition coefficient (Wildman–Crippen LogP) is 1.73. The Hall–Kier alpha value is -1.56. The average molecular weight is 310 g/mol. The molecule has 1 aromatic rings. The Morgan fingerprint density at radius 3 is 2.76 bits per heavy atom. The maximum absolute atomic E-state index is 12.3. The van der Waals surface area contributed by atoms with Crippen molar-refractivity contribution in [3.8, 4) is 0 Å². The third-order valence-corrected chi connectivity index (χ3v) is 6.02. The molecular weight excluding hydrogens is 288 g/mol. The van der Waals surface area contributed by atoms with Crippen molar-refractivity contribution in [1.82, 2.24) is 5.32 Å². The molecule has 0 aromatic heterocycles. The molecule has 1 aromatic carbocycles. The molecule has 0 bridgehead atoms. The van der Waals surface area contributed by atoms with Crippen LogP contribution in [-0.4, -0.2) is 38.4 Å². The lowest BCUT2D eigenvalue weighted by Crippen LogP contribution is -2.35. The Labute approximate surface area is 126 Å². The number of hydrogen-bond donors (Lipinski definition) is 2. The van der Waals surface area contributed by atoms with Gasteiger partial charge in [0.2, 0.25) is 0 Å². The van der Waals surface area contributed by atoms with Gasteiger partial charge in [-0.1, -0.05) is 11.6 Å². The van der Waals surface area contributed by atoms with Gasteiger partial charge in [0.25, 0.3) is 5.91 Å². The minimum absolute atomic E-state index is 0.195. The number of anilines is 1. The molecule has 0 saturated carbocycles. The molecule has 1 fully saturated rings. The molecule has 1 amide bonds. The van der Waals surface area contributed by atoms with E-state index in [-0.39, 0.29) is 18.2 Å². The molecule has 2 N–H and O–H groups in total. The van der Waals surface area contributed by atoms with Crippen molar-refractivity contribution >= 4 is 21.4 Å². The van der Waals surface area contributed by atoms with Gasteiger partial charge in [0, 0.05) is 18.8 Å². The highest BCUT2D eigenvalue weighted by Crippen LogP contribution is 2.20. The molecule has 5 nitrogen and oxygen atoms in total. The number of nitrogens with one attached hydrogen (secondary N) is 2. The standard InChI is InChI=1S/C15H22N2O3S/c1-3-16-14-7-6-11(2)9-13(14)15(18)17-10-12-5-4-8-21(12,19)20/h6-7,9,12,16H,3-5,8,10H2,1-2H3,(H,17,18). The van der Waals surface area contributed by atoms with E-state index in [2.05, 4.69) is 10.6 Å². The zero-order chi connectivity index (χ0) is 15.5. The molecule has 0 aliphatic carbocycles. The second kappa shape index (κ2) is 6.47. The van der Waals surface area contributed by atoms with Crippen molar-refractivity contribution in [2.75, 3.05) is 24.2 Å². The van der Waals surface area contributed by atoms with Crippen molar-refractivity contribution in [2.45, 2.75) is 31.9 Å². The summed E-state index contributed by atoms with van der Waals surface area (Å²) in [6.07, 6.45) is 1.33. The first-order chi connectivity index (χ1) is 9.94. The Balaban J connectivity index is 2.08. The van der Waals surface area contributed by atoms with Crippen LogP contribution in [0.2, 0.25) is 0 Å². The summed E-state index contributed by atoms with van der Waals surface area (Å²) in [4.78, 5) is 12.3. The fourth-order valence-electron chi connectivity index (χ4n) is 2.58. The van der Waals surface area contributed by atoms with E-state index in [0.717, 1.165) is 17.8 Å². The summed E-state index contributed by atoms with van der Waals surface area (Å²) in [6.45, 7) is 4.81. The Kier molecular flexibility index (Phi) is 4.88. The molecular formula is C15H22N2O3S. The van der Waals surface area contributed by atoms with Crippen molar-refractivity contribution in [2.24, 2.45) is 0 Å². The van der Waals surface area contributed by atoms with E-state index >= 15 is 0 Å². The topological polar surface area (TPSA) is 75.3 Å². The molecule has 1 aliphatic heterocycles. The number of aryl methyl sites for hydroxylation is 1. The van der Waals surface area contributed by atoms with Crippen LogP contribution in [0.3, 0.4) is 0 Å². The number of sulfone groups is 1. The summed E-state index contributed by atoms with van der Waals surface area (Å²) in [5.74, 6) is 0.0115. The van der Waals surface area contributed by atoms with Crippen LogP contribution in [0.1, 0.15) is 35.7 Å². The van der Waals surface area contributed by atoms with Gasteiger partial charge in [-0.2, -0.15) is 0 Å². The quantitative estimate of drug-likeness (QED) is 0.868. The zero-order valence-corrected chi connectivity index (χ0v) is 13.3. The first-order valence-electron chi connectivity index (χ1n) is 7.28. The van der Waals surface area contributed by atoms with Gasteiger partial charge in [0.15, 0.2) is 9.84 Å². The summed E-state index contributed by atoms with van der Waals surface area (Å²) < 4.78 is 23.5. The van der Waals surface area contributed by atoms with E-state index in [4.69, 9.17) is 0 Å². The average Bonchev–Trinajstić information content (AvgIpc) is 2.77. The molecule has 21 heavy (non-hydrogen) atoms. The number of amides is 1. The van der Waals surface area contributed by atoms with Crippen LogP contribution >= 0.6 is 0 Å². The van der Waals surface area contributed by atoms with Crippen molar-refractivity contribution in [3.05, 3.63) is 29.3 Å². The van der Waals surface area contributed by atoms with Crippen LogP contribution in [0.4, 0.5) is 5.69 Å². The van der Waals surface area contributed by atoms with Crippen LogP contribution < -0.4 is 10.6 Å². The van der Waals surface area contributed by atoms with Crippen LogP contribution in [0.25, 0.3) is 0 Å². The molecule has 1 saturated heterocycles. The van der Waals surface area contributed by atoms with Gasteiger partial charge in [-0.15, -0.1) is 0 Å². The van der Waals surface area contributed by atoms with Crippen LogP contribution in [0.5, 0.6) is 0 Å². The highest BCUT2D eigenvalue weighted by atomic mass is 32.2. The SMILES string of the molecule is CCNc1ccc(C)cc1C(=O)NCC1CCCS1(=O)=O. The molecule has 1 heterocycles. The number of hydrogen-bond acceptors (Lipinski definition) is 4. The van der Waals surface area contributed by atoms with Gasteiger partial charge in [0.1, 0.15) is 0 Å². The van der Waals surface area contributed by atoms with E-state index in [9.17, 15) is 13.2 Å². The monoisotopic (exact) mass is 310 g/mol. The van der Waals surface area contributed by atoms with Crippen molar-refractivity contribution in [3.63, 3.8) is 0 Å². The summed E-state index contributed by atoms with van der Waals surface area (Å²) >= 11 is 0. The largest absolute Gasteiger partial charge is 0.385 e. The first kappa shape index (κ1) is 15.8. The minimum atomic E-state index is -3.02. The summed E-state index contributed by atoms with van der Waals surface area (Å²) in [6, 6.07) is 5.63. The Morgan fingerprint density at radius 1 is 1.38 bits per heavy atom. The number of carbonyl (C=O) groups excluding carboxylic acids is 1. The Bertz CT molecular complexity index is 626. The van der Waals surface area contributed by atoms with Gasteiger partial charge >= 0.3 is 0 Å². The maximum atomic E-state index is 12.3. The van der Waals surface area contributed by atoms with Gasteiger partial charge in [-0.3, -0.25) is 4.79 Å². The van der Waals surface area contributed by atoms with Gasteiger partial charge < -0.3 is 10.6 Å². The van der Waals surface area contributed by atoms with E-state index in [1.165, 1.54) is 0 Å². The molecule has 116 valence electrons. The fraction of sp³-hybridized carbons (Fsp3) is 0.533. The summed E-state index contributed by atoms with van der Waals surface area (Å²) in [7, 11) is -3.02. The molecule has 1 unspecified atom stereocenters. The normalized spacial score (nSPS) is 20.2. The van der Waals surface area contributed by atoms with Crippen molar-refractivity contribution in [1.29, 1.82) is 0 Å². The lowest BCUT2D eigenvalue weighted by molar-refractivity contribution is 0.0954. The molecule has 0 spiro atoms. The highest BCUT2D eigenvalue weighted by molar-refractivity contribution is 7.92. The number of benzene rings is 1. The molecule has 2 rings (SSSR count). The third kappa shape index (κ3) is 3.75. The maximum Gasteiger partial charge on any atom is 0.253 e. The molecule has 1 atom stereocenters. The summed E-state index contributed by atoms with van der Waals surface area (Å²) in [5.41, 5.74) is 2.33. The Morgan fingerprint density at radius 2 is 2.14 bits per heavy atom. The van der Waals surface area contributed by atoms with E-state index in [0.29, 0.717) is 18.4 Å². The lowest BCUT2D eigenvalue weighted by Gasteiger charge is -2.14. The predicted molar refractivity (Wildman–Crippen MR) is 84.5 cm³/mol. The van der Waals surface area contributed by atoms with E-state index in [1.54, 1.807) is 0 Å². The van der Waals surface area contributed by atoms with Crippen molar-refractivity contribution < 1.29 is 13.2 Å². The fourth-order valence-corrected chi connectivity index (χ4v) is 4.35. The zero-order valence-electron chi connectivity index (χ0n) is 12.5. The smallest absolute Gasteiger partial charge is 0.253 e. The second-order valence-corrected chi connectivity index (χ2v) is 7.82. The van der Waals surface area contributed by atoms with E-state index < -0.39 is 15.1 Å². The third-order valence-electron chi connectivity index (χ3n) is 3.74. The molecule has 1 aliphatic rings. The number of carbonyl (C=O) groups is 1. The number of rotatable bonds is 5. The lowest BCUT2D eigenvalue weighted by atomic mass is 10.1. The minimum Gasteiger partial charge on any atom is -0.385 e. The second-order valence-electron chi connectivity index (χ2n) is 5.42. The van der Waals surface area contributed by atoms with E-state index in [1.807, 2.05) is 32.0 Å².